The molecule has 0 heterocycles. The van der Waals surface area contributed by atoms with Crippen molar-refractivity contribution in [1.82, 2.24) is 5.32 Å². The van der Waals surface area contributed by atoms with Gasteiger partial charge in [-0.1, -0.05) is 29.8 Å². The molecule has 0 spiro atoms. The van der Waals surface area contributed by atoms with Crippen LogP contribution in [0.4, 0.5) is 0 Å². The van der Waals surface area contributed by atoms with Gasteiger partial charge in [0.1, 0.15) is 0 Å². The first kappa shape index (κ1) is 16.2. The van der Waals surface area contributed by atoms with Crippen molar-refractivity contribution in [3.8, 4) is 0 Å². The van der Waals surface area contributed by atoms with Crippen LogP contribution in [0.5, 0.6) is 0 Å². The second kappa shape index (κ2) is 6.48. The van der Waals surface area contributed by atoms with Crippen LogP contribution in [0.2, 0.25) is 0 Å². The molecule has 3 atom stereocenters. The lowest BCUT2D eigenvalue weighted by atomic mass is 10.0. The number of amides is 2. The molecular weight excluding hydrogens is 300 g/mol. The Labute approximate surface area is 142 Å². The molecule has 1 aliphatic rings. The number of primary amides is 1. The van der Waals surface area contributed by atoms with Gasteiger partial charge in [0.15, 0.2) is 0 Å². The summed E-state index contributed by atoms with van der Waals surface area (Å²) in [4.78, 5) is 23.4. The summed E-state index contributed by atoms with van der Waals surface area (Å²) in [5.74, 6) is 0.390. The lowest BCUT2D eigenvalue weighted by Gasteiger charge is -2.14. The zero-order chi connectivity index (χ0) is 17.3. The summed E-state index contributed by atoms with van der Waals surface area (Å²) in [6, 6.07) is 15.1. The third-order valence-electron chi connectivity index (χ3n) is 4.74. The average Bonchev–Trinajstić information content (AvgIpc) is 3.35. The third kappa shape index (κ3) is 3.48. The van der Waals surface area contributed by atoms with Crippen LogP contribution in [0.3, 0.4) is 0 Å². The van der Waals surface area contributed by atoms with Gasteiger partial charge in [-0.2, -0.15) is 0 Å². The van der Waals surface area contributed by atoms with Crippen molar-refractivity contribution >= 4 is 11.8 Å². The fourth-order valence-electron chi connectivity index (χ4n) is 3.23. The molecular formula is C20H22N2O2. The molecule has 1 fully saturated rings. The van der Waals surface area contributed by atoms with Gasteiger partial charge < -0.3 is 11.1 Å². The van der Waals surface area contributed by atoms with Crippen molar-refractivity contribution in [2.75, 3.05) is 0 Å². The fraction of sp³-hybridized carbons (Fsp3) is 0.300. The van der Waals surface area contributed by atoms with Crippen molar-refractivity contribution in [2.45, 2.75) is 32.2 Å². The van der Waals surface area contributed by atoms with E-state index in [1.807, 2.05) is 0 Å². The van der Waals surface area contributed by atoms with Gasteiger partial charge in [-0.05, 0) is 61.9 Å². The number of nitrogens with one attached hydrogen (secondary N) is 1. The summed E-state index contributed by atoms with van der Waals surface area (Å²) in [7, 11) is 0. The molecule has 0 aromatic heterocycles. The Morgan fingerprint density at radius 3 is 2.42 bits per heavy atom. The summed E-state index contributed by atoms with van der Waals surface area (Å²) in [5.41, 5.74) is 8.78. The molecule has 2 aromatic carbocycles. The minimum Gasteiger partial charge on any atom is -0.366 e. The monoisotopic (exact) mass is 322 g/mol. The first-order valence-electron chi connectivity index (χ1n) is 8.23. The highest BCUT2D eigenvalue weighted by molar-refractivity contribution is 5.97. The van der Waals surface area contributed by atoms with Crippen LogP contribution >= 0.6 is 0 Å². The highest BCUT2D eigenvalue weighted by atomic mass is 16.2. The largest absolute Gasteiger partial charge is 0.366 e. The van der Waals surface area contributed by atoms with E-state index in [4.69, 9.17) is 5.73 Å². The number of hydrogen-bond acceptors (Lipinski definition) is 2. The zero-order valence-electron chi connectivity index (χ0n) is 14.0. The van der Waals surface area contributed by atoms with Crippen LogP contribution in [0.1, 0.15) is 51.1 Å². The highest BCUT2D eigenvalue weighted by Gasteiger charge is 2.42. The standard InChI is InChI=1S/C20H22N2O2/c1-12-4-3-5-16(10-12)18-11-17(18)13(2)22-20(24)15-8-6-14(7-9-15)19(21)23/h3-10,13,17-18H,11H2,1-2H3,(H2,21,23)(H,22,24)/t13-,17+,18+/m1/s1. The SMILES string of the molecule is Cc1cccc([C@@H]2C[C@H]2[C@@H](C)NC(=O)c2ccc(C(N)=O)cc2)c1. The number of nitrogens with two attached hydrogens (primary N) is 1. The number of hydrogen-bond donors (Lipinski definition) is 2. The maximum absolute atomic E-state index is 12.3. The predicted octanol–water partition coefficient (Wildman–Crippen LogP) is 3.02. The summed E-state index contributed by atoms with van der Waals surface area (Å²) in [5, 5.41) is 3.07. The normalized spacial score (nSPS) is 20.2. The Balaban J connectivity index is 1.60. The van der Waals surface area contributed by atoms with E-state index in [-0.39, 0.29) is 11.9 Å². The molecule has 1 saturated carbocycles. The number of rotatable bonds is 5. The van der Waals surface area contributed by atoms with Gasteiger partial charge in [0.2, 0.25) is 5.91 Å². The van der Waals surface area contributed by atoms with Crippen LogP contribution in [0, 0.1) is 12.8 Å². The van der Waals surface area contributed by atoms with E-state index in [1.165, 1.54) is 11.1 Å². The number of carbonyl (C=O) groups excluding carboxylic acids is 2. The van der Waals surface area contributed by atoms with E-state index in [0.29, 0.717) is 23.0 Å². The van der Waals surface area contributed by atoms with Gasteiger partial charge in [0.25, 0.3) is 5.91 Å². The average molecular weight is 322 g/mol. The van der Waals surface area contributed by atoms with Crippen molar-refractivity contribution in [3.05, 3.63) is 70.8 Å². The van der Waals surface area contributed by atoms with Crippen LogP contribution in [-0.2, 0) is 0 Å². The van der Waals surface area contributed by atoms with Gasteiger partial charge >= 0.3 is 0 Å². The zero-order valence-corrected chi connectivity index (χ0v) is 14.0. The fourth-order valence-corrected chi connectivity index (χ4v) is 3.23. The summed E-state index contributed by atoms with van der Waals surface area (Å²) in [6.45, 7) is 4.15. The Morgan fingerprint density at radius 1 is 1.12 bits per heavy atom. The molecule has 124 valence electrons. The van der Waals surface area contributed by atoms with Gasteiger partial charge in [-0.25, -0.2) is 0 Å². The molecule has 0 aliphatic heterocycles. The number of carbonyl (C=O) groups is 2. The minimum atomic E-state index is -0.491. The summed E-state index contributed by atoms with van der Waals surface area (Å²) in [6.07, 6.45) is 1.10. The van der Waals surface area contributed by atoms with Crippen molar-refractivity contribution in [2.24, 2.45) is 11.7 Å². The number of benzene rings is 2. The van der Waals surface area contributed by atoms with Crippen molar-refractivity contribution in [3.63, 3.8) is 0 Å². The van der Waals surface area contributed by atoms with Crippen molar-refractivity contribution < 1.29 is 9.59 Å². The van der Waals surface area contributed by atoms with E-state index in [1.54, 1.807) is 24.3 Å². The lowest BCUT2D eigenvalue weighted by Crippen LogP contribution is -2.34. The van der Waals surface area contributed by atoms with Crippen LogP contribution in [0.25, 0.3) is 0 Å². The molecule has 24 heavy (non-hydrogen) atoms. The van der Waals surface area contributed by atoms with E-state index in [0.717, 1.165) is 6.42 Å². The molecule has 2 aromatic rings. The van der Waals surface area contributed by atoms with Crippen LogP contribution in [0.15, 0.2) is 48.5 Å². The second-order valence-corrected chi connectivity index (χ2v) is 6.62. The second-order valence-electron chi connectivity index (χ2n) is 6.62. The summed E-state index contributed by atoms with van der Waals surface area (Å²) >= 11 is 0. The quantitative estimate of drug-likeness (QED) is 0.888. The van der Waals surface area contributed by atoms with Crippen molar-refractivity contribution in [1.29, 1.82) is 0 Å². The Morgan fingerprint density at radius 2 is 1.79 bits per heavy atom. The molecule has 3 N–H and O–H groups in total. The molecule has 1 aliphatic carbocycles. The van der Waals surface area contributed by atoms with E-state index in [9.17, 15) is 9.59 Å². The Bertz CT molecular complexity index is 767. The van der Waals surface area contributed by atoms with E-state index in [2.05, 4.69) is 43.4 Å². The Kier molecular flexibility index (Phi) is 4.38. The summed E-state index contributed by atoms with van der Waals surface area (Å²) < 4.78 is 0. The van der Waals surface area contributed by atoms with Gasteiger partial charge in [0.05, 0.1) is 0 Å². The predicted molar refractivity (Wildman–Crippen MR) is 93.9 cm³/mol. The maximum atomic E-state index is 12.3. The van der Waals surface area contributed by atoms with E-state index >= 15 is 0 Å². The molecule has 0 saturated heterocycles. The first-order chi connectivity index (χ1) is 11.5. The molecule has 0 radical (unpaired) electrons. The molecule has 0 unspecified atom stereocenters. The van der Waals surface area contributed by atoms with Crippen LogP contribution < -0.4 is 11.1 Å². The smallest absolute Gasteiger partial charge is 0.251 e. The van der Waals surface area contributed by atoms with E-state index < -0.39 is 5.91 Å². The van der Waals surface area contributed by atoms with Gasteiger partial charge in [-0.15, -0.1) is 0 Å². The number of aryl methyl sites for hydroxylation is 1. The van der Waals surface area contributed by atoms with Gasteiger partial charge in [0, 0.05) is 17.2 Å². The molecule has 0 bridgehead atoms. The Hall–Kier alpha value is -2.62. The minimum absolute atomic E-state index is 0.110. The lowest BCUT2D eigenvalue weighted by molar-refractivity contribution is 0.0933. The maximum Gasteiger partial charge on any atom is 0.251 e. The first-order valence-corrected chi connectivity index (χ1v) is 8.23. The molecule has 4 nitrogen and oxygen atoms in total. The third-order valence-corrected chi connectivity index (χ3v) is 4.74. The van der Waals surface area contributed by atoms with Crippen LogP contribution in [-0.4, -0.2) is 17.9 Å². The molecule has 3 rings (SSSR count). The topological polar surface area (TPSA) is 72.2 Å². The molecule has 4 heteroatoms. The highest BCUT2D eigenvalue weighted by Crippen LogP contribution is 2.49. The molecule has 2 amide bonds. The van der Waals surface area contributed by atoms with Gasteiger partial charge in [-0.3, -0.25) is 9.59 Å².